The van der Waals surface area contributed by atoms with Crippen molar-refractivity contribution in [2.24, 2.45) is 0 Å². The molecule has 8 heteroatoms. The average Bonchev–Trinajstić information content (AvgIpc) is 2.62. The highest BCUT2D eigenvalue weighted by molar-refractivity contribution is 5.90. The normalized spacial score (nSPS) is 9.80. The Balaban J connectivity index is 0.000000186. The number of carboxylic acid groups (broad SMARTS) is 1. The lowest BCUT2D eigenvalue weighted by Gasteiger charge is -2.01. The number of aromatic nitrogens is 1. The van der Waals surface area contributed by atoms with Gasteiger partial charge in [0.1, 0.15) is 16.8 Å². The third-order valence-electron chi connectivity index (χ3n) is 3.26. The van der Waals surface area contributed by atoms with Gasteiger partial charge in [-0.05, 0) is 24.3 Å². The van der Waals surface area contributed by atoms with Crippen molar-refractivity contribution in [3.63, 3.8) is 0 Å². The Labute approximate surface area is 142 Å². The Bertz CT molecular complexity index is 926. The van der Waals surface area contributed by atoms with E-state index < -0.39 is 10.9 Å². The fourth-order valence-electron chi connectivity index (χ4n) is 2.09. The van der Waals surface area contributed by atoms with Gasteiger partial charge in [-0.2, -0.15) is 0 Å². The molecule has 3 rings (SSSR count). The first-order valence-corrected chi connectivity index (χ1v) is 7.03. The maximum absolute atomic E-state index is 10.5. The second kappa shape index (κ2) is 7.73. The number of phenols is 1. The van der Waals surface area contributed by atoms with Gasteiger partial charge in [-0.15, -0.1) is 0 Å². The molecule has 0 aliphatic carbocycles. The monoisotopic (exact) mass is 342 g/mol. The Hall–Kier alpha value is -3.68. The van der Waals surface area contributed by atoms with Crippen LogP contribution in [0.2, 0.25) is 0 Å². The molecule has 0 atom stereocenters. The van der Waals surface area contributed by atoms with Gasteiger partial charge in [0.2, 0.25) is 5.75 Å². The molecular weight excluding hydrogens is 328 g/mol. The van der Waals surface area contributed by atoms with Gasteiger partial charge >= 0.3 is 11.7 Å². The van der Waals surface area contributed by atoms with Gasteiger partial charge in [0.05, 0.1) is 12.0 Å². The second-order valence-electron chi connectivity index (χ2n) is 4.77. The minimum absolute atomic E-state index is 0.190. The summed E-state index contributed by atoms with van der Waals surface area (Å²) in [6.45, 7) is 0. The summed E-state index contributed by atoms with van der Waals surface area (Å²) in [5.41, 5.74) is 0.118. The van der Waals surface area contributed by atoms with Crippen LogP contribution in [-0.4, -0.2) is 33.2 Å². The van der Waals surface area contributed by atoms with Gasteiger partial charge in [-0.3, -0.25) is 15.1 Å². The number of hydrogen-bond donors (Lipinski definition) is 2. The van der Waals surface area contributed by atoms with Gasteiger partial charge in [0.15, 0.2) is 0 Å². The summed E-state index contributed by atoms with van der Waals surface area (Å²) in [6.07, 6.45) is 1.48. The Morgan fingerprint density at radius 3 is 2.48 bits per heavy atom. The lowest BCUT2D eigenvalue weighted by Crippen LogP contribution is -1.99. The van der Waals surface area contributed by atoms with Crippen molar-refractivity contribution in [2.45, 2.75) is 0 Å². The predicted octanol–water partition coefficient (Wildman–Crippen LogP) is 3.24. The third-order valence-corrected chi connectivity index (χ3v) is 3.26. The minimum atomic E-state index is -0.970. The first-order chi connectivity index (χ1) is 12.0. The Morgan fingerprint density at radius 1 is 1.16 bits per heavy atom. The zero-order chi connectivity index (χ0) is 18.4. The number of nitro benzene ring substituents is 1. The number of carbonyl (C=O) groups is 1. The van der Waals surface area contributed by atoms with E-state index in [1.165, 1.54) is 25.4 Å². The molecule has 25 heavy (non-hydrogen) atoms. The van der Waals surface area contributed by atoms with Crippen LogP contribution in [0.15, 0.2) is 54.7 Å². The van der Waals surface area contributed by atoms with E-state index in [9.17, 15) is 20.0 Å². The number of nitro groups is 1. The highest BCUT2D eigenvalue weighted by Gasteiger charge is 2.16. The molecule has 0 spiro atoms. The summed E-state index contributed by atoms with van der Waals surface area (Å²) in [4.78, 5) is 24.2. The van der Waals surface area contributed by atoms with E-state index in [-0.39, 0.29) is 22.5 Å². The molecule has 0 bridgehead atoms. The van der Waals surface area contributed by atoms with Crippen LogP contribution in [0.3, 0.4) is 0 Å². The van der Waals surface area contributed by atoms with Crippen LogP contribution in [0.25, 0.3) is 10.9 Å². The van der Waals surface area contributed by atoms with Gasteiger partial charge in [-0.25, -0.2) is 4.79 Å². The topological polar surface area (TPSA) is 123 Å². The van der Waals surface area contributed by atoms with Crippen LogP contribution in [0.5, 0.6) is 11.5 Å². The number of benzene rings is 2. The Morgan fingerprint density at radius 2 is 1.88 bits per heavy atom. The standard InChI is InChI=1S/C9H6N2O3.C8H8O3/c12-9-7(11(13)14)4-3-6-2-1-5-10-8(6)9;1-11-7-5-3-2-4-6(7)8(9)10/h1-5,12H;2-5H,1H3,(H,9,10). The molecule has 0 fully saturated rings. The van der Waals surface area contributed by atoms with Crippen molar-refractivity contribution in [2.75, 3.05) is 7.11 Å². The van der Waals surface area contributed by atoms with Gasteiger partial charge in [-0.1, -0.05) is 18.2 Å². The van der Waals surface area contributed by atoms with Crippen molar-refractivity contribution in [3.8, 4) is 11.5 Å². The summed E-state index contributed by atoms with van der Waals surface area (Å²) < 4.78 is 4.83. The third kappa shape index (κ3) is 3.99. The van der Waals surface area contributed by atoms with Crippen molar-refractivity contribution in [1.82, 2.24) is 4.98 Å². The van der Waals surface area contributed by atoms with E-state index in [0.29, 0.717) is 11.1 Å². The molecule has 2 aromatic carbocycles. The van der Waals surface area contributed by atoms with Gasteiger partial charge in [0.25, 0.3) is 0 Å². The fraction of sp³-hybridized carbons (Fsp3) is 0.0588. The number of para-hydroxylation sites is 1. The molecule has 0 radical (unpaired) electrons. The lowest BCUT2D eigenvalue weighted by molar-refractivity contribution is -0.385. The maximum Gasteiger partial charge on any atom is 0.339 e. The molecule has 2 N–H and O–H groups in total. The molecule has 0 aliphatic heterocycles. The minimum Gasteiger partial charge on any atom is -0.501 e. The zero-order valence-corrected chi connectivity index (χ0v) is 13.1. The number of fused-ring (bicyclic) bond motifs is 1. The molecule has 1 aromatic heterocycles. The van der Waals surface area contributed by atoms with Crippen LogP contribution in [-0.2, 0) is 0 Å². The number of nitrogens with zero attached hydrogens (tertiary/aromatic N) is 2. The van der Waals surface area contributed by atoms with Crippen molar-refractivity contribution < 1.29 is 24.7 Å². The lowest BCUT2D eigenvalue weighted by atomic mass is 10.2. The molecule has 0 unspecified atom stereocenters. The summed E-state index contributed by atoms with van der Waals surface area (Å²) in [6, 6.07) is 12.8. The summed E-state index contributed by atoms with van der Waals surface area (Å²) in [7, 11) is 1.45. The highest BCUT2D eigenvalue weighted by Crippen LogP contribution is 2.32. The second-order valence-corrected chi connectivity index (χ2v) is 4.77. The molecule has 0 amide bonds. The van der Waals surface area contributed by atoms with E-state index in [4.69, 9.17) is 9.84 Å². The van der Waals surface area contributed by atoms with E-state index in [2.05, 4.69) is 4.98 Å². The van der Waals surface area contributed by atoms with Gasteiger partial charge in [0, 0.05) is 17.6 Å². The van der Waals surface area contributed by atoms with Crippen molar-refractivity contribution >= 4 is 22.6 Å². The fourth-order valence-corrected chi connectivity index (χ4v) is 2.09. The molecular formula is C17H14N2O6. The smallest absolute Gasteiger partial charge is 0.339 e. The quantitative estimate of drug-likeness (QED) is 0.553. The number of methoxy groups -OCH3 is 1. The maximum atomic E-state index is 10.5. The van der Waals surface area contributed by atoms with Crippen LogP contribution in [0.1, 0.15) is 10.4 Å². The average molecular weight is 342 g/mol. The predicted molar refractivity (Wildman–Crippen MR) is 90.0 cm³/mol. The number of ether oxygens (including phenoxy) is 1. The van der Waals surface area contributed by atoms with Crippen molar-refractivity contribution in [1.29, 1.82) is 0 Å². The number of aromatic hydroxyl groups is 1. The SMILES string of the molecule is COc1ccccc1C(=O)O.O=[N+]([O-])c1ccc2cccnc2c1O. The van der Waals surface area contributed by atoms with Crippen molar-refractivity contribution in [3.05, 3.63) is 70.4 Å². The largest absolute Gasteiger partial charge is 0.501 e. The first kappa shape index (κ1) is 17.7. The molecule has 3 aromatic rings. The highest BCUT2D eigenvalue weighted by atomic mass is 16.6. The van der Waals surface area contributed by atoms with Crippen LogP contribution >= 0.6 is 0 Å². The number of carboxylic acids is 1. The first-order valence-electron chi connectivity index (χ1n) is 7.03. The summed E-state index contributed by atoms with van der Waals surface area (Å²) in [5.74, 6) is -0.962. The number of pyridine rings is 1. The van der Waals surface area contributed by atoms with E-state index in [1.807, 2.05) is 0 Å². The molecule has 0 aliphatic rings. The van der Waals surface area contributed by atoms with Crippen LogP contribution < -0.4 is 4.74 Å². The van der Waals surface area contributed by atoms with Crippen LogP contribution in [0.4, 0.5) is 5.69 Å². The molecule has 1 heterocycles. The number of aromatic carboxylic acids is 1. The molecule has 128 valence electrons. The summed E-state index contributed by atoms with van der Waals surface area (Å²) in [5, 5.41) is 29.3. The Kier molecular flexibility index (Phi) is 5.47. The number of rotatable bonds is 3. The van der Waals surface area contributed by atoms with E-state index in [0.717, 1.165) is 0 Å². The number of hydrogen-bond acceptors (Lipinski definition) is 6. The van der Waals surface area contributed by atoms with E-state index in [1.54, 1.807) is 36.4 Å². The molecule has 8 nitrogen and oxygen atoms in total. The molecule has 0 saturated carbocycles. The zero-order valence-electron chi connectivity index (χ0n) is 13.1. The summed E-state index contributed by atoms with van der Waals surface area (Å²) >= 11 is 0. The van der Waals surface area contributed by atoms with Crippen LogP contribution in [0, 0.1) is 10.1 Å². The van der Waals surface area contributed by atoms with Gasteiger partial charge < -0.3 is 14.9 Å². The van der Waals surface area contributed by atoms with E-state index >= 15 is 0 Å². The molecule has 0 saturated heterocycles. The number of phenolic OH excluding ortho intramolecular Hbond substituents is 1.